The van der Waals surface area contributed by atoms with Crippen LogP contribution in [0.1, 0.15) is 53.9 Å². The lowest BCUT2D eigenvalue weighted by molar-refractivity contribution is -0.133. The van der Waals surface area contributed by atoms with E-state index in [1.165, 1.54) is 18.4 Å². The molecule has 0 aliphatic heterocycles. The second kappa shape index (κ2) is 4.81. The smallest absolute Gasteiger partial charge is 0.332 e. The van der Waals surface area contributed by atoms with Crippen LogP contribution >= 0.6 is 0 Å². The van der Waals surface area contributed by atoms with Crippen molar-refractivity contribution in [2.45, 2.75) is 53.9 Å². The van der Waals surface area contributed by atoms with E-state index in [1.807, 2.05) is 20.8 Å². The number of carbonyl (C=O) groups is 1. The van der Waals surface area contributed by atoms with Gasteiger partial charge in [0.25, 0.3) is 0 Å². The summed E-state index contributed by atoms with van der Waals surface area (Å²) in [4.78, 5) is 11.6. The van der Waals surface area contributed by atoms with Crippen molar-refractivity contribution in [3.05, 3.63) is 22.8 Å². The number of allylic oxidation sites excluding steroid dienone is 3. The van der Waals surface area contributed by atoms with Crippen LogP contribution < -0.4 is 0 Å². The lowest BCUT2D eigenvalue weighted by atomic mass is 9.65. The van der Waals surface area contributed by atoms with Crippen LogP contribution in [0.15, 0.2) is 22.8 Å². The average Bonchev–Trinajstić information content (AvgIpc) is 2.60. The Hall–Kier alpha value is -1.05. The zero-order valence-corrected chi connectivity index (χ0v) is 12.8. The van der Waals surface area contributed by atoms with E-state index in [-0.39, 0.29) is 5.41 Å². The van der Waals surface area contributed by atoms with Crippen LogP contribution in [0.4, 0.5) is 0 Å². The van der Waals surface area contributed by atoms with Crippen LogP contribution in [-0.4, -0.2) is 11.1 Å². The molecule has 19 heavy (non-hydrogen) atoms. The monoisotopic (exact) mass is 262 g/mol. The molecule has 2 aliphatic rings. The summed E-state index contributed by atoms with van der Waals surface area (Å²) < 4.78 is 0. The maximum absolute atomic E-state index is 11.6. The standard InChI is InChI=1S/C17H26O2/c1-6-10(2)11-7-12-9-14(13(12)8-11)15(16(18)19)17(3,4)5/h8,10,12-13H,6-7,9H2,1-5H3,(H,18,19)/t10?,12-,13-/m0/s1. The quantitative estimate of drug-likeness (QED) is 0.603. The Kier molecular flexibility index (Phi) is 3.63. The molecule has 0 bridgehead atoms. The van der Waals surface area contributed by atoms with Gasteiger partial charge in [0, 0.05) is 11.5 Å². The van der Waals surface area contributed by atoms with Gasteiger partial charge >= 0.3 is 5.97 Å². The third-order valence-corrected chi connectivity index (χ3v) is 4.81. The van der Waals surface area contributed by atoms with Gasteiger partial charge in [-0.25, -0.2) is 4.79 Å². The molecule has 0 amide bonds. The van der Waals surface area contributed by atoms with Crippen molar-refractivity contribution in [2.75, 3.05) is 0 Å². The number of rotatable bonds is 3. The molecule has 2 nitrogen and oxygen atoms in total. The zero-order chi connectivity index (χ0) is 14.4. The Morgan fingerprint density at radius 2 is 2.05 bits per heavy atom. The van der Waals surface area contributed by atoms with E-state index in [9.17, 15) is 9.90 Å². The summed E-state index contributed by atoms with van der Waals surface area (Å²) in [6, 6.07) is 0. The molecule has 1 N–H and O–H groups in total. The molecule has 0 saturated heterocycles. The Labute approximate surface area is 116 Å². The highest BCUT2D eigenvalue weighted by Crippen LogP contribution is 2.54. The lowest BCUT2D eigenvalue weighted by Gasteiger charge is -2.38. The number of carboxylic acids is 1. The lowest BCUT2D eigenvalue weighted by Crippen LogP contribution is -2.31. The summed E-state index contributed by atoms with van der Waals surface area (Å²) in [6.07, 6.45) is 5.71. The number of hydrogen-bond acceptors (Lipinski definition) is 1. The van der Waals surface area contributed by atoms with Crippen LogP contribution in [0.3, 0.4) is 0 Å². The fraction of sp³-hybridized carbons (Fsp3) is 0.706. The molecular weight excluding hydrogens is 236 g/mol. The molecule has 0 spiro atoms. The van der Waals surface area contributed by atoms with Crippen LogP contribution in [-0.2, 0) is 4.79 Å². The minimum Gasteiger partial charge on any atom is -0.478 e. The minimum atomic E-state index is -0.730. The fourth-order valence-electron chi connectivity index (χ4n) is 3.54. The third kappa shape index (κ3) is 2.50. The molecule has 2 aliphatic carbocycles. The van der Waals surface area contributed by atoms with Gasteiger partial charge in [0.05, 0.1) is 0 Å². The van der Waals surface area contributed by atoms with Gasteiger partial charge in [0.1, 0.15) is 0 Å². The zero-order valence-electron chi connectivity index (χ0n) is 12.8. The van der Waals surface area contributed by atoms with Crippen molar-refractivity contribution < 1.29 is 9.90 Å². The first kappa shape index (κ1) is 14.4. The highest BCUT2D eigenvalue weighted by Gasteiger charge is 2.44. The third-order valence-electron chi connectivity index (χ3n) is 4.81. The average molecular weight is 262 g/mol. The molecule has 2 heteroatoms. The first-order valence-electron chi connectivity index (χ1n) is 7.43. The van der Waals surface area contributed by atoms with Gasteiger partial charge in [-0.2, -0.15) is 0 Å². The summed E-state index contributed by atoms with van der Waals surface area (Å²) in [5, 5.41) is 9.51. The maximum Gasteiger partial charge on any atom is 0.332 e. The normalized spacial score (nSPS) is 30.3. The molecule has 2 rings (SSSR count). The Morgan fingerprint density at radius 3 is 2.53 bits per heavy atom. The number of aliphatic carboxylic acids is 1. The summed E-state index contributed by atoms with van der Waals surface area (Å²) in [7, 11) is 0. The molecule has 0 heterocycles. The maximum atomic E-state index is 11.6. The van der Waals surface area contributed by atoms with E-state index in [0.717, 1.165) is 6.42 Å². The first-order valence-corrected chi connectivity index (χ1v) is 7.43. The van der Waals surface area contributed by atoms with Crippen molar-refractivity contribution in [3.63, 3.8) is 0 Å². The van der Waals surface area contributed by atoms with Gasteiger partial charge in [-0.1, -0.05) is 51.8 Å². The SMILES string of the molecule is CCC(C)C1=C[C@@H]2C(=C(C(=O)O)C(C)(C)C)C[C@@H]2C1. The Morgan fingerprint density at radius 1 is 1.42 bits per heavy atom. The van der Waals surface area contributed by atoms with Crippen LogP contribution in [0.2, 0.25) is 0 Å². The molecular formula is C17H26O2. The molecule has 106 valence electrons. The molecule has 0 aromatic rings. The summed E-state index contributed by atoms with van der Waals surface area (Å²) in [5.74, 6) is 1.01. The van der Waals surface area contributed by atoms with Gasteiger partial charge < -0.3 is 5.11 Å². The van der Waals surface area contributed by atoms with Crippen LogP contribution in [0, 0.1) is 23.2 Å². The predicted molar refractivity (Wildman–Crippen MR) is 77.9 cm³/mol. The fourth-order valence-corrected chi connectivity index (χ4v) is 3.54. The minimum absolute atomic E-state index is 0.265. The Bertz CT molecular complexity index is 448. The number of carboxylic acid groups (broad SMARTS) is 1. The molecule has 0 aromatic heterocycles. The first-order chi connectivity index (χ1) is 8.75. The number of fused-ring (bicyclic) bond motifs is 1. The van der Waals surface area contributed by atoms with E-state index in [1.54, 1.807) is 5.57 Å². The van der Waals surface area contributed by atoms with Crippen LogP contribution in [0.25, 0.3) is 0 Å². The molecule has 1 fully saturated rings. The van der Waals surface area contributed by atoms with E-state index in [0.29, 0.717) is 23.3 Å². The van der Waals surface area contributed by atoms with Crippen molar-refractivity contribution in [1.29, 1.82) is 0 Å². The van der Waals surface area contributed by atoms with E-state index in [2.05, 4.69) is 19.9 Å². The van der Waals surface area contributed by atoms with E-state index in [4.69, 9.17) is 0 Å². The molecule has 0 radical (unpaired) electrons. The Balaban J connectivity index is 2.30. The molecule has 0 aromatic carbocycles. The van der Waals surface area contributed by atoms with E-state index < -0.39 is 5.97 Å². The molecule has 1 unspecified atom stereocenters. The second-order valence-electron chi connectivity index (χ2n) is 7.20. The van der Waals surface area contributed by atoms with Crippen molar-refractivity contribution in [3.8, 4) is 0 Å². The molecule has 1 saturated carbocycles. The van der Waals surface area contributed by atoms with Gasteiger partial charge in [-0.05, 0) is 36.5 Å². The van der Waals surface area contributed by atoms with Crippen molar-refractivity contribution >= 4 is 5.97 Å². The van der Waals surface area contributed by atoms with E-state index >= 15 is 0 Å². The highest BCUT2D eigenvalue weighted by atomic mass is 16.4. The van der Waals surface area contributed by atoms with Crippen molar-refractivity contribution in [1.82, 2.24) is 0 Å². The summed E-state index contributed by atoms with van der Waals surface area (Å²) in [5.41, 5.74) is 3.11. The largest absolute Gasteiger partial charge is 0.478 e. The van der Waals surface area contributed by atoms with Crippen LogP contribution in [0.5, 0.6) is 0 Å². The summed E-state index contributed by atoms with van der Waals surface area (Å²) >= 11 is 0. The predicted octanol–water partition coefficient (Wildman–Crippen LogP) is 4.43. The van der Waals surface area contributed by atoms with Crippen molar-refractivity contribution in [2.24, 2.45) is 23.2 Å². The number of hydrogen-bond donors (Lipinski definition) is 1. The second-order valence-corrected chi connectivity index (χ2v) is 7.20. The molecule has 3 atom stereocenters. The van der Waals surface area contributed by atoms with Gasteiger partial charge in [-0.3, -0.25) is 0 Å². The van der Waals surface area contributed by atoms with Gasteiger partial charge in [-0.15, -0.1) is 0 Å². The van der Waals surface area contributed by atoms with Gasteiger partial charge in [0.2, 0.25) is 0 Å². The topological polar surface area (TPSA) is 37.3 Å². The highest BCUT2D eigenvalue weighted by molar-refractivity contribution is 5.89. The summed E-state index contributed by atoms with van der Waals surface area (Å²) in [6.45, 7) is 10.5. The van der Waals surface area contributed by atoms with Gasteiger partial charge in [0.15, 0.2) is 0 Å².